The lowest BCUT2D eigenvalue weighted by Crippen LogP contribution is -2.10. The average molecular weight is 287 g/mol. The molecule has 6 heteroatoms. The molecule has 0 aliphatic heterocycles. The lowest BCUT2D eigenvalue weighted by Gasteiger charge is -2.08. The number of hydrogen-bond acceptors (Lipinski definition) is 6. The number of methoxy groups -OCH3 is 1. The highest BCUT2D eigenvalue weighted by molar-refractivity contribution is 5.90. The first kappa shape index (κ1) is 14.8. The minimum absolute atomic E-state index is 0.324. The minimum Gasteiger partial charge on any atom is -0.497 e. The van der Waals surface area contributed by atoms with Crippen LogP contribution in [0.3, 0.4) is 0 Å². The molecule has 1 heterocycles. The lowest BCUT2D eigenvalue weighted by atomic mass is 10.2. The number of aromatic nitrogens is 2. The van der Waals surface area contributed by atoms with Crippen LogP contribution in [0.15, 0.2) is 30.5 Å². The van der Waals surface area contributed by atoms with E-state index in [9.17, 15) is 4.79 Å². The molecule has 0 radical (unpaired) electrons. The van der Waals surface area contributed by atoms with Crippen molar-refractivity contribution >= 4 is 17.6 Å². The van der Waals surface area contributed by atoms with Crippen LogP contribution in [0, 0.1) is 6.92 Å². The van der Waals surface area contributed by atoms with E-state index in [0.717, 1.165) is 11.4 Å². The molecular formula is C15H17N3O3. The van der Waals surface area contributed by atoms with E-state index < -0.39 is 5.97 Å². The summed E-state index contributed by atoms with van der Waals surface area (Å²) in [6, 6.07) is 7.39. The van der Waals surface area contributed by atoms with Crippen LogP contribution in [-0.2, 0) is 4.74 Å². The monoisotopic (exact) mass is 287 g/mol. The number of anilines is 2. The summed E-state index contributed by atoms with van der Waals surface area (Å²) in [6.07, 6.45) is 1.46. The molecule has 0 aliphatic rings. The van der Waals surface area contributed by atoms with Crippen LogP contribution in [0.5, 0.6) is 5.75 Å². The van der Waals surface area contributed by atoms with Crippen LogP contribution in [-0.4, -0.2) is 29.7 Å². The summed E-state index contributed by atoms with van der Waals surface area (Å²) in [7, 11) is 1.61. The van der Waals surface area contributed by atoms with Gasteiger partial charge in [-0.1, -0.05) is 0 Å². The summed E-state index contributed by atoms with van der Waals surface area (Å²) in [5, 5.41) is 3.06. The van der Waals surface area contributed by atoms with Gasteiger partial charge in [0.15, 0.2) is 0 Å². The van der Waals surface area contributed by atoms with E-state index in [-0.39, 0.29) is 0 Å². The van der Waals surface area contributed by atoms with Crippen molar-refractivity contribution in [1.82, 2.24) is 9.97 Å². The van der Waals surface area contributed by atoms with Crippen molar-refractivity contribution in [3.05, 3.63) is 41.7 Å². The summed E-state index contributed by atoms with van der Waals surface area (Å²) >= 11 is 0. The van der Waals surface area contributed by atoms with Gasteiger partial charge in [0.25, 0.3) is 0 Å². The van der Waals surface area contributed by atoms with Gasteiger partial charge in [-0.15, -0.1) is 0 Å². The molecule has 6 nitrogen and oxygen atoms in total. The molecular weight excluding hydrogens is 270 g/mol. The van der Waals surface area contributed by atoms with E-state index in [4.69, 9.17) is 9.47 Å². The third-order valence-corrected chi connectivity index (χ3v) is 2.82. The number of hydrogen-bond donors (Lipinski definition) is 1. The number of aryl methyl sites for hydroxylation is 1. The predicted molar refractivity (Wildman–Crippen MR) is 79.0 cm³/mol. The average Bonchev–Trinajstić information content (AvgIpc) is 2.48. The Kier molecular flexibility index (Phi) is 4.71. The number of nitrogens with zero attached hydrogens (tertiary/aromatic N) is 2. The molecule has 2 rings (SSSR count). The molecule has 110 valence electrons. The Morgan fingerprint density at radius 1 is 1.29 bits per heavy atom. The van der Waals surface area contributed by atoms with E-state index in [2.05, 4.69) is 15.3 Å². The van der Waals surface area contributed by atoms with Gasteiger partial charge in [0.1, 0.15) is 5.75 Å². The zero-order valence-electron chi connectivity index (χ0n) is 12.2. The molecule has 0 unspecified atom stereocenters. The van der Waals surface area contributed by atoms with Crippen LogP contribution in [0.1, 0.15) is 23.0 Å². The van der Waals surface area contributed by atoms with Crippen molar-refractivity contribution in [2.75, 3.05) is 19.0 Å². The molecule has 0 bridgehead atoms. The van der Waals surface area contributed by atoms with E-state index in [1.54, 1.807) is 21.0 Å². The van der Waals surface area contributed by atoms with Gasteiger partial charge in [0.05, 0.1) is 25.0 Å². The maximum absolute atomic E-state index is 11.7. The molecule has 0 saturated heterocycles. The Morgan fingerprint density at radius 3 is 2.57 bits per heavy atom. The lowest BCUT2D eigenvalue weighted by molar-refractivity contribution is 0.0524. The summed E-state index contributed by atoms with van der Waals surface area (Å²) < 4.78 is 10.0. The zero-order valence-corrected chi connectivity index (χ0v) is 12.2. The van der Waals surface area contributed by atoms with Gasteiger partial charge in [-0.25, -0.2) is 14.8 Å². The van der Waals surface area contributed by atoms with Crippen LogP contribution in [0.4, 0.5) is 11.6 Å². The SMILES string of the molecule is CCOC(=O)c1cnc(Nc2ccc(OC)cc2)nc1C. The first-order valence-electron chi connectivity index (χ1n) is 6.56. The second kappa shape index (κ2) is 6.69. The van der Waals surface area contributed by atoms with E-state index in [1.807, 2.05) is 24.3 Å². The topological polar surface area (TPSA) is 73.3 Å². The van der Waals surface area contributed by atoms with Crippen molar-refractivity contribution in [1.29, 1.82) is 0 Å². The molecule has 0 fully saturated rings. The molecule has 0 aliphatic carbocycles. The smallest absolute Gasteiger partial charge is 0.341 e. The van der Waals surface area contributed by atoms with E-state index in [1.165, 1.54) is 6.20 Å². The maximum Gasteiger partial charge on any atom is 0.341 e. The maximum atomic E-state index is 11.7. The number of carbonyl (C=O) groups is 1. The molecule has 0 spiro atoms. The number of esters is 1. The number of carbonyl (C=O) groups excluding carboxylic acids is 1. The largest absolute Gasteiger partial charge is 0.497 e. The highest BCUT2D eigenvalue weighted by Crippen LogP contribution is 2.18. The fourth-order valence-corrected chi connectivity index (χ4v) is 1.74. The third kappa shape index (κ3) is 3.68. The Balaban J connectivity index is 2.14. The van der Waals surface area contributed by atoms with Gasteiger partial charge in [0.2, 0.25) is 5.95 Å². The van der Waals surface area contributed by atoms with Crippen LogP contribution >= 0.6 is 0 Å². The Hall–Kier alpha value is -2.63. The van der Waals surface area contributed by atoms with Crippen LogP contribution in [0.2, 0.25) is 0 Å². The Labute approximate surface area is 123 Å². The van der Waals surface area contributed by atoms with Gasteiger partial charge in [-0.2, -0.15) is 0 Å². The predicted octanol–water partition coefficient (Wildman–Crippen LogP) is 2.71. The number of benzene rings is 1. The van der Waals surface area contributed by atoms with Crippen molar-refractivity contribution in [3.8, 4) is 5.75 Å². The minimum atomic E-state index is -0.411. The summed E-state index contributed by atoms with van der Waals surface area (Å²) in [6.45, 7) is 3.82. The summed E-state index contributed by atoms with van der Waals surface area (Å²) in [4.78, 5) is 20.1. The van der Waals surface area contributed by atoms with Crippen molar-refractivity contribution < 1.29 is 14.3 Å². The van der Waals surface area contributed by atoms with Gasteiger partial charge in [-0.3, -0.25) is 0 Å². The zero-order chi connectivity index (χ0) is 15.2. The third-order valence-electron chi connectivity index (χ3n) is 2.82. The van der Waals surface area contributed by atoms with Gasteiger partial charge in [-0.05, 0) is 38.1 Å². The van der Waals surface area contributed by atoms with E-state index in [0.29, 0.717) is 23.8 Å². The summed E-state index contributed by atoms with van der Waals surface area (Å²) in [5.74, 6) is 0.784. The molecule has 1 N–H and O–H groups in total. The second-order valence-electron chi connectivity index (χ2n) is 4.27. The van der Waals surface area contributed by atoms with Crippen molar-refractivity contribution in [3.63, 3.8) is 0 Å². The highest BCUT2D eigenvalue weighted by atomic mass is 16.5. The highest BCUT2D eigenvalue weighted by Gasteiger charge is 2.12. The second-order valence-corrected chi connectivity index (χ2v) is 4.27. The number of nitrogens with one attached hydrogen (secondary N) is 1. The normalized spacial score (nSPS) is 10.0. The molecule has 1 aromatic heterocycles. The molecule has 0 amide bonds. The van der Waals surface area contributed by atoms with Gasteiger partial charge in [0, 0.05) is 11.9 Å². The van der Waals surface area contributed by atoms with Crippen LogP contribution < -0.4 is 10.1 Å². The quantitative estimate of drug-likeness (QED) is 0.852. The molecule has 1 aromatic carbocycles. The van der Waals surface area contributed by atoms with Gasteiger partial charge < -0.3 is 14.8 Å². The number of ether oxygens (including phenoxy) is 2. The molecule has 0 atom stereocenters. The standard InChI is InChI=1S/C15H17N3O3/c1-4-21-14(19)13-9-16-15(17-10(13)2)18-11-5-7-12(20-3)8-6-11/h5-9H,4H2,1-3H3,(H,16,17,18). The van der Waals surface area contributed by atoms with E-state index >= 15 is 0 Å². The fraction of sp³-hybridized carbons (Fsp3) is 0.267. The molecule has 2 aromatic rings. The first-order valence-corrected chi connectivity index (χ1v) is 6.56. The Morgan fingerprint density at radius 2 is 2.00 bits per heavy atom. The fourth-order valence-electron chi connectivity index (χ4n) is 1.74. The van der Waals surface area contributed by atoms with Gasteiger partial charge >= 0.3 is 5.97 Å². The summed E-state index contributed by atoms with van der Waals surface area (Å²) in [5.41, 5.74) is 1.77. The molecule has 21 heavy (non-hydrogen) atoms. The van der Waals surface area contributed by atoms with Crippen LogP contribution in [0.25, 0.3) is 0 Å². The van der Waals surface area contributed by atoms with Crippen molar-refractivity contribution in [2.24, 2.45) is 0 Å². The van der Waals surface area contributed by atoms with Crippen molar-refractivity contribution in [2.45, 2.75) is 13.8 Å². The Bertz CT molecular complexity index is 627. The molecule has 0 saturated carbocycles. The first-order chi connectivity index (χ1) is 10.1. The number of rotatable bonds is 5.